The highest BCUT2D eigenvalue weighted by atomic mass is 32.2. The third kappa shape index (κ3) is 6.64. The van der Waals surface area contributed by atoms with Gasteiger partial charge < -0.3 is 4.74 Å². The molecule has 182 valence electrons. The van der Waals surface area contributed by atoms with E-state index in [1.165, 1.54) is 36.5 Å². The summed E-state index contributed by atoms with van der Waals surface area (Å²) in [5, 5.41) is 14.7. The van der Waals surface area contributed by atoms with Gasteiger partial charge in [0, 0.05) is 17.7 Å². The lowest BCUT2D eigenvalue weighted by Crippen LogP contribution is -2.39. The van der Waals surface area contributed by atoms with Crippen LogP contribution in [0.4, 0.5) is 11.4 Å². The van der Waals surface area contributed by atoms with E-state index in [-0.39, 0.29) is 10.6 Å². The molecule has 3 rings (SSSR count). The standard InChI is InChI=1S/C24H24N4O6S/c1-3-34-22-11-13-23(14-12-22)35(32,33)27(20-9-7-18(2)8-10-20)17-24(29)26-25-16-19-5-4-6-21(15-19)28(30)31/h4-16H,3,17H2,1-2H3,(H,26,29). The summed E-state index contributed by atoms with van der Waals surface area (Å²) in [5.74, 6) is -0.164. The summed E-state index contributed by atoms with van der Waals surface area (Å²) in [7, 11) is -4.10. The molecule has 10 nitrogen and oxygen atoms in total. The number of carbonyl (C=O) groups is 1. The molecule has 1 N–H and O–H groups in total. The Kier molecular flexibility index (Phi) is 8.16. The molecule has 0 aliphatic carbocycles. The van der Waals surface area contributed by atoms with Gasteiger partial charge in [0.25, 0.3) is 21.6 Å². The van der Waals surface area contributed by atoms with Crippen LogP contribution in [0.2, 0.25) is 0 Å². The quantitative estimate of drug-likeness (QED) is 0.259. The van der Waals surface area contributed by atoms with Crippen molar-refractivity contribution in [1.82, 2.24) is 5.43 Å². The number of hydrazone groups is 1. The minimum Gasteiger partial charge on any atom is -0.494 e. The van der Waals surface area contributed by atoms with Crippen molar-refractivity contribution in [2.24, 2.45) is 5.10 Å². The van der Waals surface area contributed by atoms with Crippen LogP contribution in [0.15, 0.2) is 82.8 Å². The third-order valence-corrected chi connectivity index (χ3v) is 6.60. The first-order valence-corrected chi connectivity index (χ1v) is 12.0. The molecule has 0 saturated heterocycles. The van der Waals surface area contributed by atoms with Crippen molar-refractivity contribution in [3.05, 3.63) is 94.0 Å². The molecule has 0 aromatic heterocycles. The zero-order valence-electron chi connectivity index (χ0n) is 19.1. The summed E-state index contributed by atoms with van der Waals surface area (Å²) < 4.78 is 33.2. The van der Waals surface area contributed by atoms with Crippen molar-refractivity contribution >= 4 is 33.5 Å². The lowest BCUT2D eigenvalue weighted by molar-refractivity contribution is -0.384. The van der Waals surface area contributed by atoms with Gasteiger partial charge in [0.2, 0.25) is 0 Å². The number of ether oxygens (including phenoxy) is 1. The molecule has 0 heterocycles. The van der Waals surface area contributed by atoms with Gasteiger partial charge in [0.15, 0.2) is 0 Å². The van der Waals surface area contributed by atoms with E-state index in [0.717, 1.165) is 9.87 Å². The number of rotatable bonds is 10. The van der Waals surface area contributed by atoms with Crippen LogP contribution >= 0.6 is 0 Å². The van der Waals surface area contributed by atoms with Gasteiger partial charge in [-0.25, -0.2) is 13.8 Å². The number of carbonyl (C=O) groups excluding carboxylic acids is 1. The molecule has 0 aliphatic rings. The molecule has 3 aromatic carbocycles. The molecule has 0 spiro atoms. The first-order valence-electron chi connectivity index (χ1n) is 10.6. The number of aryl methyl sites for hydroxylation is 1. The largest absolute Gasteiger partial charge is 0.494 e. The Labute approximate surface area is 203 Å². The molecule has 11 heteroatoms. The van der Waals surface area contributed by atoms with Crippen molar-refractivity contribution in [3.63, 3.8) is 0 Å². The number of nitro benzene ring substituents is 1. The summed E-state index contributed by atoms with van der Waals surface area (Å²) in [4.78, 5) is 23.0. The second-order valence-electron chi connectivity index (χ2n) is 7.40. The van der Waals surface area contributed by atoms with Crippen LogP contribution in [0, 0.1) is 17.0 Å². The SMILES string of the molecule is CCOc1ccc(S(=O)(=O)N(CC(=O)NN=Cc2cccc([N+](=O)[O-])c2)c2ccc(C)cc2)cc1. The van der Waals surface area contributed by atoms with Crippen molar-refractivity contribution < 1.29 is 22.9 Å². The number of sulfonamides is 1. The van der Waals surface area contributed by atoms with Crippen LogP contribution in [-0.2, 0) is 14.8 Å². The number of nitro groups is 1. The van der Waals surface area contributed by atoms with Crippen LogP contribution in [0.5, 0.6) is 5.75 Å². The monoisotopic (exact) mass is 496 g/mol. The molecule has 0 fully saturated rings. The van der Waals surface area contributed by atoms with E-state index < -0.39 is 27.4 Å². The molecular weight excluding hydrogens is 472 g/mol. The number of nitrogens with one attached hydrogen (secondary N) is 1. The van der Waals surface area contributed by atoms with E-state index >= 15 is 0 Å². The number of non-ortho nitro benzene ring substituents is 1. The van der Waals surface area contributed by atoms with E-state index in [9.17, 15) is 23.3 Å². The summed E-state index contributed by atoms with van der Waals surface area (Å²) in [5.41, 5.74) is 3.79. The fraction of sp³-hybridized carbons (Fsp3) is 0.167. The molecule has 1 amide bonds. The van der Waals surface area contributed by atoms with E-state index in [1.807, 2.05) is 13.8 Å². The fourth-order valence-corrected chi connectivity index (χ4v) is 4.51. The first kappa shape index (κ1) is 25.4. The molecule has 0 saturated carbocycles. The minimum atomic E-state index is -4.10. The van der Waals surface area contributed by atoms with Gasteiger partial charge in [-0.05, 0) is 50.2 Å². The molecule has 0 unspecified atom stereocenters. The summed E-state index contributed by atoms with van der Waals surface area (Å²) in [6, 6.07) is 18.3. The van der Waals surface area contributed by atoms with Gasteiger partial charge in [-0.15, -0.1) is 0 Å². The van der Waals surface area contributed by atoms with E-state index in [4.69, 9.17) is 4.74 Å². The molecule has 0 bridgehead atoms. The molecule has 3 aromatic rings. The second-order valence-corrected chi connectivity index (χ2v) is 9.26. The number of nitrogens with zero attached hydrogens (tertiary/aromatic N) is 3. The highest BCUT2D eigenvalue weighted by Gasteiger charge is 2.27. The van der Waals surface area contributed by atoms with Gasteiger partial charge in [0.1, 0.15) is 12.3 Å². The molecule has 0 atom stereocenters. The molecule has 0 aliphatic heterocycles. The predicted molar refractivity (Wildman–Crippen MR) is 132 cm³/mol. The topological polar surface area (TPSA) is 131 Å². The highest BCUT2D eigenvalue weighted by molar-refractivity contribution is 7.92. The maximum Gasteiger partial charge on any atom is 0.270 e. The highest BCUT2D eigenvalue weighted by Crippen LogP contribution is 2.25. The Bertz CT molecular complexity index is 1320. The Balaban J connectivity index is 1.82. The zero-order valence-corrected chi connectivity index (χ0v) is 19.9. The van der Waals surface area contributed by atoms with Crippen molar-refractivity contribution in [2.45, 2.75) is 18.7 Å². The normalized spacial score (nSPS) is 11.3. The van der Waals surface area contributed by atoms with Crippen LogP contribution in [0.1, 0.15) is 18.1 Å². The summed E-state index contributed by atoms with van der Waals surface area (Å²) in [6.07, 6.45) is 1.24. The van der Waals surface area contributed by atoms with Crippen LogP contribution in [0.25, 0.3) is 0 Å². The van der Waals surface area contributed by atoms with Crippen LogP contribution in [-0.4, -0.2) is 38.6 Å². The third-order valence-electron chi connectivity index (χ3n) is 4.82. The van der Waals surface area contributed by atoms with Gasteiger partial charge in [-0.3, -0.25) is 19.2 Å². The molecule has 35 heavy (non-hydrogen) atoms. The summed E-state index contributed by atoms with van der Waals surface area (Å²) in [6.45, 7) is 3.60. The lowest BCUT2D eigenvalue weighted by atomic mass is 10.2. The Hall–Kier alpha value is -4.25. The maximum absolute atomic E-state index is 13.4. The Morgan fingerprint density at radius 2 is 1.80 bits per heavy atom. The van der Waals surface area contributed by atoms with E-state index in [2.05, 4.69) is 10.5 Å². The van der Waals surface area contributed by atoms with Gasteiger partial charge in [-0.2, -0.15) is 5.10 Å². The zero-order chi connectivity index (χ0) is 25.4. The number of hydrogen-bond acceptors (Lipinski definition) is 7. The van der Waals surface area contributed by atoms with Crippen molar-refractivity contribution in [3.8, 4) is 5.75 Å². The first-order chi connectivity index (χ1) is 16.7. The van der Waals surface area contributed by atoms with Crippen molar-refractivity contribution in [2.75, 3.05) is 17.5 Å². The Morgan fingerprint density at radius 1 is 1.11 bits per heavy atom. The summed E-state index contributed by atoms with van der Waals surface area (Å²) >= 11 is 0. The minimum absolute atomic E-state index is 0.00516. The maximum atomic E-state index is 13.4. The van der Waals surface area contributed by atoms with Crippen LogP contribution in [0.3, 0.4) is 0 Å². The Morgan fingerprint density at radius 3 is 2.43 bits per heavy atom. The number of amides is 1. The van der Waals surface area contributed by atoms with Gasteiger partial charge >= 0.3 is 0 Å². The molecular formula is C24H24N4O6S. The predicted octanol–water partition coefficient (Wildman–Crippen LogP) is 3.65. The average Bonchev–Trinajstić information content (AvgIpc) is 2.84. The fourth-order valence-electron chi connectivity index (χ4n) is 3.09. The van der Waals surface area contributed by atoms with Crippen LogP contribution < -0.4 is 14.5 Å². The lowest BCUT2D eigenvalue weighted by Gasteiger charge is -2.24. The van der Waals surface area contributed by atoms with E-state index in [0.29, 0.717) is 23.6 Å². The number of hydrogen-bond donors (Lipinski definition) is 1. The van der Waals surface area contributed by atoms with Gasteiger partial charge in [-0.1, -0.05) is 29.8 Å². The van der Waals surface area contributed by atoms with Gasteiger partial charge in [0.05, 0.1) is 28.3 Å². The van der Waals surface area contributed by atoms with E-state index in [1.54, 1.807) is 42.5 Å². The van der Waals surface area contributed by atoms with Crippen molar-refractivity contribution in [1.29, 1.82) is 0 Å². The number of benzene rings is 3. The number of anilines is 1. The average molecular weight is 497 g/mol. The second kappa shape index (κ2) is 11.3. The smallest absolute Gasteiger partial charge is 0.270 e. The molecule has 0 radical (unpaired) electrons.